The van der Waals surface area contributed by atoms with Gasteiger partial charge in [-0.1, -0.05) is 20.3 Å². The molecule has 1 heterocycles. The van der Waals surface area contributed by atoms with Gasteiger partial charge in [-0.25, -0.2) is 0 Å². The predicted molar refractivity (Wildman–Crippen MR) is 85.2 cm³/mol. The highest BCUT2D eigenvalue weighted by atomic mass is 35.5. The molecular formula is C13H29Cl2N3O. The number of nitrogens with zero attached hydrogens (tertiary/aromatic N) is 1. The molecule has 0 aromatic carbocycles. The van der Waals surface area contributed by atoms with Crippen LogP contribution in [0, 0.1) is 5.92 Å². The van der Waals surface area contributed by atoms with Gasteiger partial charge in [0.1, 0.15) is 0 Å². The van der Waals surface area contributed by atoms with E-state index in [0.717, 1.165) is 25.9 Å². The highest BCUT2D eigenvalue weighted by Gasteiger charge is 2.21. The summed E-state index contributed by atoms with van der Waals surface area (Å²) in [6, 6.07) is 0.356. The van der Waals surface area contributed by atoms with Crippen molar-refractivity contribution in [3.05, 3.63) is 0 Å². The SMILES string of the molecule is CCCCN1CCC(NC(=O)C(C)CN)CC1.Cl.Cl. The van der Waals surface area contributed by atoms with Gasteiger partial charge in [-0.2, -0.15) is 0 Å². The maximum atomic E-state index is 11.7. The van der Waals surface area contributed by atoms with E-state index in [1.165, 1.54) is 19.4 Å². The number of piperidine rings is 1. The third-order valence-corrected chi connectivity index (χ3v) is 3.56. The van der Waals surface area contributed by atoms with Crippen LogP contribution in [0.5, 0.6) is 0 Å². The molecule has 1 unspecified atom stereocenters. The fourth-order valence-electron chi connectivity index (χ4n) is 2.13. The van der Waals surface area contributed by atoms with Gasteiger partial charge in [-0.05, 0) is 25.8 Å². The Morgan fingerprint density at radius 3 is 2.42 bits per heavy atom. The molecule has 1 saturated heterocycles. The fourth-order valence-corrected chi connectivity index (χ4v) is 2.13. The van der Waals surface area contributed by atoms with E-state index in [9.17, 15) is 4.79 Å². The Bertz CT molecular complexity index is 234. The largest absolute Gasteiger partial charge is 0.353 e. The topological polar surface area (TPSA) is 58.4 Å². The first-order chi connectivity index (χ1) is 8.17. The average Bonchev–Trinajstić information content (AvgIpc) is 2.37. The van der Waals surface area contributed by atoms with Gasteiger partial charge in [-0.3, -0.25) is 4.79 Å². The smallest absolute Gasteiger partial charge is 0.224 e. The summed E-state index contributed by atoms with van der Waals surface area (Å²) in [6.07, 6.45) is 4.69. The number of rotatable bonds is 6. The molecule has 0 aromatic rings. The molecule has 0 bridgehead atoms. The Balaban J connectivity index is 0. The van der Waals surface area contributed by atoms with Gasteiger partial charge in [0.05, 0.1) is 0 Å². The highest BCUT2D eigenvalue weighted by molar-refractivity contribution is 5.85. The molecule has 4 nitrogen and oxygen atoms in total. The molecule has 0 spiro atoms. The Labute approximate surface area is 129 Å². The van der Waals surface area contributed by atoms with E-state index in [1.807, 2.05) is 6.92 Å². The molecule has 1 rings (SSSR count). The molecule has 19 heavy (non-hydrogen) atoms. The van der Waals surface area contributed by atoms with Crippen LogP contribution in [0.15, 0.2) is 0 Å². The van der Waals surface area contributed by atoms with Crippen LogP contribution in [0.4, 0.5) is 0 Å². The zero-order valence-corrected chi connectivity index (χ0v) is 13.7. The van der Waals surface area contributed by atoms with Crippen molar-refractivity contribution < 1.29 is 4.79 Å². The zero-order chi connectivity index (χ0) is 12.7. The van der Waals surface area contributed by atoms with Gasteiger partial charge >= 0.3 is 0 Å². The lowest BCUT2D eigenvalue weighted by Gasteiger charge is -2.32. The molecule has 0 aliphatic carbocycles. The van der Waals surface area contributed by atoms with Crippen molar-refractivity contribution in [2.24, 2.45) is 11.7 Å². The summed E-state index contributed by atoms with van der Waals surface area (Å²) in [5.74, 6) is 0.0487. The normalized spacial score (nSPS) is 18.1. The number of likely N-dealkylation sites (tertiary alicyclic amines) is 1. The number of halogens is 2. The van der Waals surface area contributed by atoms with E-state index in [4.69, 9.17) is 5.73 Å². The monoisotopic (exact) mass is 313 g/mol. The van der Waals surface area contributed by atoms with Crippen molar-refractivity contribution in [1.29, 1.82) is 0 Å². The van der Waals surface area contributed by atoms with E-state index in [0.29, 0.717) is 12.6 Å². The Hall–Kier alpha value is -0.0300. The molecule has 6 heteroatoms. The summed E-state index contributed by atoms with van der Waals surface area (Å²) >= 11 is 0. The van der Waals surface area contributed by atoms with Crippen LogP contribution in [0.25, 0.3) is 0 Å². The minimum absolute atomic E-state index is 0. The molecule has 116 valence electrons. The van der Waals surface area contributed by atoms with Crippen molar-refractivity contribution >= 4 is 30.7 Å². The van der Waals surface area contributed by atoms with Crippen molar-refractivity contribution in [3.63, 3.8) is 0 Å². The van der Waals surface area contributed by atoms with Crippen LogP contribution >= 0.6 is 24.8 Å². The first-order valence-electron chi connectivity index (χ1n) is 6.90. The van der Waals surface area contributed by atoms with Gasteiger partial charge in [-0.15, -0.1) is 24.8 Å². The summed E-state index contributed by atoms with van der Waals surface area (Å²) in [7, 11) is 0. The summed E-state index contributed by atoms with van der Waals surface area (Å²) in [5.41, 5.74) is 5.49. The molecular weight excluding hydrogens is 285 g/mol. The van der Waals surface area contributed by atoms with Crippen molar-refractivity contribution in [2.75, 3.05) is 26.2 Å². The van der Waals surface area contributed by atoms with Crippen LogP contribution in [-0.4, -0.2) is 43.0 Å². The van der Waals surface area contributed by atoms with Gasteiger partial charge in [0.2, 0.25) is 5.91 Å². The zero-order valence-electron chi connectivity index (χ0n) is 12.1. The second-order valence-electron chi connectivity index (χ2n) is 5.11. The summed E-state index contributed by atoms with van der Waals surface area (Å²) in [4.78, 5) is 14.2. The lowest BCUT2D eigenvalue weighted by atomic mass is 10.0. The molecule has 1 aliphatic rings. The first-order valence-corrected chi connectivity index (χ1v) is 6.90. The molecule has 1 aliphatic heterocycles. The lowest BCUT2D eigenvalue weighted by molar-refractivity contribution is -0.125. The minimum Gasteiger partial charge on any atom is -0.353 e. The lowest BCUT2D eigenvalue weighted by Crippen LogP contribution is -2.47. The Morgan fingerprint density at radius 2 is 1.95 bits per heavy atom. The number of hydrogen-bond donors (Lipinski definition) is 2. The maximum absolute atomic E-state index is 11.7. The number of carbonyl (C=O) groups is 1. The van der Waals surface area contributed by atoms with Crippen LogP contribution < -0.4 is 11.1 Å². The Morgan fingerprint density at radius 1 is 1.37 bits per heavy atom. The number of carbonyl (C=O) groups excluding carboxylic acids is 1. The minimum atomic E-state index is -0.0619. The van der Waals surface area contributed by atoms with Crippen LogP contribution in [0.1, 0.15) is 39.5 Å². The van der Waals surface area contributed by atoms with E-state index < -0.39 is 0 Å². The molecule has 1 fully saturated rings. The number of amides is 1. The van der Waals surface area contributed by atoms with E-state index in [1.54, 1.807) is 0 Å². The van der Waals surface area contributed by atoms with Gasteiger partial charge in [0, 0.05) is 31.6 Å². The second kappa shape index (κ2) is 11.8. The van der Waals surface area contributed by atoms with Crippen molar-refractivity contribution in [3.8, 4) is 0 Å². The average molecular weight is 314 g/mol. The van der Waals surface area contributed by atoms with Gasteiger partial charge in [0.15, 0.2) is 0 Å². The van der Waals surface area contributed by atoms with Gasteiger partial charge < -0.3 is 16.0 Å². The van der Waals surface area contributed by atoms with Crippen molar-refractivity contribution in [2.45, 2.75) is 45.6 Å². The van der Waals surface area contributed by atoms with E-state index in [-0.39, 0.29) is 36.6 Å². The van der Waals surface area contributed by atoms with Crippen LogP contribution in [-0.2, 0) is 4.79 Å². The first kappa shape index (κ1) is 21.3. The van der Waals surface area contributed by atoms with Crippen molar-refractivity contribution in [1.82, 2.24) is 10.2 Å². The number of unbranched alkanes of at least 4 members (excludes halogenated alkanes) is 1. The van der Waals surface area contributed by atoms with E-state index >= 15 is 0 Å². The van der Waals surface area contributed by atoms with E-state index in [2.05, 4.69) is 17.1 Å². The third-order valence-electron chi connectivity index (χ3n) is 3.56. The number of nitrogens with two attached hydrogens (primary N) is 1. The third kappa shape index (κ3) is 7.98. The molecule has 0 aromatic heterocycles. The standard InChI is InChI=1S/C13H27N3O.2ClH/c1-3-4-7-16-8-5-12(6-9-16)15-13(17)11(2)10-14;;/h11-12H,3-10,14H2,1-2H3,(H,15,17);2*1H. The molecule has 0 saturated carbocycles. The number of hydrogen-bond acceptors (Lipinski definition) is 3. The van der Waals surface area contributed by atoms with Crippen LogP contribution in [0.3, 0.4) is 0 Å². The second-order valence-corrected chi connectivity index (χ2v) is 5.11. The molecule has 0 radical (unpaired) electrons. The fraction of sp³-hybridized carbons (Fsp3) is 0.923. The van der Waals surface area contributed by atoms with Gasteiger partial charge in [0.25, 0.3) is 0 Å². The molecule has 3 N–H and O–H groups in total. The van der Waals surface area contributed by atoms with Crippen LogP contribution in [0.2, 0.25) is 0 Å². The maximum Gasteiger partial charge on any atom is 0.224 e. The summed E-state index contributed by atoms with van der Waals surface area (Å²) in [5, 5.41) is 3.10. The molecule has 1 amide bonds. The summed E-state index contributed by atoms with van der Waals surface area (Å²) < 4.78 is 0. The quantitative estimate of drug-likeness (QED) is 0.786. The summed E-state index contributed by atoms with van der Waals surface area (Å²) in [6.45, 7) is 7.97. The highest BCUT2D eigenvalue weighted by Crippen LogP contribution is 2.11. The molecule has 1 atom stereocenters. The predicted octanol–water partition coefficient (Wildman–Crippen LogP) is 1.81. The number of nitrogens with one attached hydrogen (secondary N) is 1. The Kier molecular flexibility index (Phi) is 13.2.